The first-order valence-corrected chi connectivity index (χ1v) is 8.43. The molecule has 6 heteroatoms. The first kappa shape index (κ1) is 21.5. The number of aryl methyl sites for hydroxylation is 1. The SMILES string of the molecule is CCNC(=NCc1ccc(F)c(C)c1)NCC(C)(C)SC.I. The van der Waals surface area contributed by atoms with Crippen LogP contribution in [0.1, 0.15) is 31.9 Å². The van der Waals surface area contributed by atoms with Gasteiger partial charge in [-0.1, -0.05) is 12.1 Å². The Labute approximate surface area is 155 Å². The van der Waals surface area contributed by atoms with Crippen molar-refractivity contribution in [2.24, 2.45) is 4.99 Å². The lowest BCUT2D eigenvalue weighted by atomic mass is 10.1. The largest absolute Gasteiger partial charge is 0.357 e. The standard InChI is InChI=1S/C16H26FN3S.HI/c1-6-18-15(20-11-16(3,4)21-5)19-10-13-7-8-14(17)12(2)9-13;/h7-9H,6,10-11H2,1-5H3,(H2,18,19,20);1H. The van der Waals surface area contributed by atoms with Crippen LogP contribution in [-0.2, 0) is 6.54 Å². The number of benzene rings is 1. The van der Waals surface area contributed by atoms with Crippen LogP contribution in [0, 0.1) is 12.7 Å². The molecule has 0 spiro atoms. The summed E-state index contributed by atoms with van der Waals surface area (Å²) in [5, 5.41) is 6.58. The molecular formula is C16H27FIN3S. The van der Waals surface area contributed by atoms with E-state index in [2.05, 4.69) is 35.7 Å². The fourth-order valence-electron chi connectivity index (χ4n) is 1.69. The van der Waals surface area contributed by atoms with Gasteiger partial charge in [-0.3, -0.25) is 0 Å². The number of hydrogen-bond acceptors (Lipinski definition) is 2. The molecular weight excluding hydrogens is 412 g/mol. The summed E-state index contributed by atoms with van der Waals surface area (Å²) < 4.78 is 13.4. The van der Waals surface area contributed by atoms with Crippen LogP contribution in [-0.4, -0.2) is 30.1 Å². The van der Waals surface area contributed by atoms with Crippen molar-refractivity contribution in [2.75, 3.05) is 19.3 Å². The molecule has 0 aliphatic carbocycles. The van der Waals surface area contributed by atoms with Gasteiger partial charge in [0.05, 0.1) is 6.54 Å². The van der Waals surface area contributed by atoms with Gasteiger partial charge >= 0.3 is 0 Å². The van der Waals surface area contributed by atoms with E-state index in [0.717, 1.165) is 24.6 Å². The first-order valence-electron chi connectivity index (χ1n) is 7.20. The van der Waals surface area contributed by atoms with Gasteiger partial charge in [0, 0.05) is 17.8 Å². The van der Waals surface area contributed by atoms with Crippen LogP contribution in [0.3, 0.4) is 0 Å². The normalized spacial score (nSPS) is 11.8. The molecule has 0 fully saturated rings. The minimum atomic E-state index is -0.172. The fourth-order valence-corrected chi connectivity index (χ4v) is 1.90. The molecule has 1 aromatic carbocycles. The Hall–Kier alpha value is -0.500. The van der Waals surface area contributed by atoms with Crippen molar-refractivity contribution in [1.29, 1.82) is 0 Å². The lowest BCUT2D eigenvalue weighted by Crippen LogP contribution is -2.43. The molecule has 3 nitrogen and oxygen atoms in total. The van der Waals surface area contributed by atoms with Gasteiger partial charge in [-0.15, -0.1) is 24.0 Å². The van der Waals surface area contributed by atoms with Gasteiger partial charge < -0.3 is 10.6 Å². The number of guanidine groups is 1. The number of thioether (sulfide) groups is 1. The summed E-state index contributed by atoms with van der Waals surface area (Å²) in [6.45, 7) is 10.4. The maximum atomic E-state index is 13.2. The molecule has 1 rings (SSSR count). The van der Waals surface area contributed by atoms with E-state index in [4.69, 9.17) is 0 Å². The Kier molecular flexibility index (Phi) is 10.1. The van der Waals surface area contributed by atoms with Crippen molar-refractivity contribution >= 4 is 41.7 Å². The quantitative estimate of drug-likeness (QED) is 0.401. The van der Waals surface area contributed by atoms with E-state index in [1.807, 2.05) is 24.8 Å². The monoisotopic (exact) mass is 439 g/mol. The lowest BCUT2D eigenvalue weighted by Gasteiger charge is -2.23. The molecule has 0 amide bonds. The van der Waals surface area contributed by atoms with Crippen molar-refractivity contribution in [3.8, 4) is 0 Å². The molecule has 0 unspecified atom stereocenters. The number of nitrogens with zero attached hydrogens (tertiary/aromatic N) is 1. The number of halogens is 2. The zero-order valence-corrected chi connectivity index (χ0v) is 17.1. The van der Waals surface area contributed by atoms with Crippen molar-refractivity contribution < 1.29 is 4.39 Å². The predicted molar refractivity (Wildman–Crippen MR) is 107 cm³/mol. The van der Waals surface area contributed by atoms with E-state index in [1.165, 1.54) is 6.07 Å². The van der Waals surface area contributed by atoms with Crippen molar-refractivity contribution in [2.45, 2.75) is 39.0 Å². The van der Waals surface area contributed by atoms with Gasteiger partial charge in [0.2, 0.25) is 0 Å². The molecule has 0 radical (unpaired) electrons. The number of nitrogens with one attached hydrogen (secondary N) is 2. The van der Waals surface area contributed by atoms with E-state index < -0.39 is 0 Å². The molecule has 126 valence electrons. The summed E-state index contributed by atoms with van der Waals surface area (Å²) in [5.41, 5.74) is 1.67. The van der Waals surface area contributed by atoms with Gasteiger partial charge in [-0.05, 0) is 51.1 Å². The van der Waals surface area contributed by atoms with E-state index in [9.17, 15) is 4.39 Å². The van der Waals surface area contributed by atoms with Crippen LogP contribution in [0.2, 0.25) is 0 Å². The smallest absolute Gasteiger partial charge is 0.191 e. The van der Waals surface area contributed by atoms with Crippen LogP contribution < -0.4 is 10.6 Å². The second-order valence-electron chi connectivity index (χ2n) is 5.60. The highest BCUT2D eigenvalue weighted by Gasteiger charge is 2.16. The molecule has 22 heavy (non-hydrogen) atoms. The maximum Gasteiger partial charge on any atom is 0.191 e. The summed E-state index contributed by atoms with van der Waals surface area (Å²) in [7, 11) is 0. The molecule has 0 atom stereocenters. The van der Waals surface area contributed by atoms with E-state index in [0.29, 0.717) is 12.1 Å². The predicted octanol–water partition coefficient (Wildman–Crippen LogP) is 3.95. The number of rotatable bonds is 6. The molecule has 0 saturated carbocycles. The Morgan fingerprint density at radius 2 is 2.00 bits per heavy atom. The van der Waals surface area contributed by atoms with Crippen LogP contribution in [0.4, 0.5) is 4.39 Å². The van der Waals surface area contributed by atoms with Crippen LogP contribution in [0.15, 0.2) is 23.2 Å². The topological polar surface area (TPSA) is 36.4 Å². The van der Waals surface area contributed by atoms with Crippen molar-refractivity contribution in [3.05, 3.63) is 35.1 Å². The third kappa shape index (κ3) is 7.67. The third-order valence-corrected chi connectivity index (χ3v) is 4.47. The molecule has 0 saturated heterocycles. The number of hydrogen-bond donors (Lipinski definition) is 2. The van der Waals surface area contributed by atoms with Crippen LogP contribution in [0.5, 0.6) is 0 Å². The summed E-state index contributed by atoms with van der Waals surface area (Å²) in [6, 6.07) is 5.12. The zero-order chi connectivity index (χ0) is 15.9. The highest BCUT2D eigenvalue weighted by Crippen LogP contribution is 2.19. The van der Waals surface area contributed by atoms with Crippen molar-refractivity contribution in [3.63, 3.8) is 0 Å². The van der Waals surface area contributed by atoms with E-state index in [-0.39, 0.29) is 34.5 Å². The van der Waals surface area contributed by atoms with Crippen molar-refractivity contribution in [1.82, 2.24) is 10.6 Å². The maximum absolute atomic E-state index is 13.2. The van der Waals surface area contributed by atoms with E-state index in [1.54, 1.807) is 13.0 Å². The molecule has 0 aliphatic heterocycles. The first-order chi connectivity index (χ1) is 9.88. The molecule has 0 bridgehead atoms. The highest BCUT2D eigenvalue weighted by atomic mass is 127. The summed E-state index contributed by atoms with van der Waals surface area (Å²) in [5.74, 6) is 0.621. The second-order valence-corrected chi connectivity index (χ2v) is 7.11. The lowest BCUT2D eigenvalue weighted by molar-refractivity contribution is 0.617. The average molecular weight is 439 g/mol. The molecule has 2 N–H and O–H groups in total. The highest BCUT2D eigenvalue weighted by molar-refractivity contribution is 14.0. The second kappa shape index (κ2) is 10.3. The van der Waals surface area contributed by atoms with Gasteiger partial charge in [0.15, 0.2) is 5.96 Å². The van der Waals surface area contributed by atoms with Gasteiger partial charge in [-0.25, -0.2) is 9.38 Å². The van der Waals surface area contributed by atoms with E-state index >= 15 is 0 Å². The summed E-state index contributed by atoms with van der Waals surface area (Å²) in [6.07, 6.45) is 2.10. The minimum absolute atomic E-state index is 0. The fraction of sp³-hybridized carbons (Fsp3) is 0.562. The van der Waals surface area contributed by atoms with Gasteiger partial charge in [0.25, 0.3) is 0 Å². The Balaban J connectivity index is 0.00000441. The average Bonchev–Trinajstić information content (AvgIpc) is 2.45. The Bertz CT molecular complexity index is 492. The third-order valence-electron chi connectivity index (χ3n) is 3.22. The molecule has 1 aromatic rings. The molecule has 0 aromatic heterocycles. The zero-order valence-electron chi connectivity index (χ0n) is 14.0. The minimum Gasteiger partial charge on any atom is -0.357 e. The van der Waals surface area contributed by atoms with Gasteiger partial charge in [0.1, 0.15) is 5.82 Å². The summed E-state index contributed by atoms with van der Waals surface area (Å²) >= 11 is 1.82. The van der Waals surface area contributed by atoms with Gasteiger partial charge in [-0.2, -0.15) is 11.8 Å². The van der Waals surface area contributed by atoms with Crippen LogP contribution in [0.25, 0.3) is 0 Å². The van der Waals surface area contributed by atoms with Crippen LogP contribution >= 0.6 is 35.7 Å². The Morgan fingerprint density at radius 3 is 2.55 bits per heavy atom. The molecule has 0 aliphatic rings. The Morgan fingerprint density at radius 1 is 1.32 bits per heavy atom. The molecule has 0 heterocycles. The summed E-state index contributed by atoms with van der Waals surface area (Å²) in [4.78, 5) is 4.55. The number of aliphatic imine (C=N–C) groups is 1.